The summed E-state index contributed by atoms with van der Waals surface area (Å²) in [6, 6.07) is 18.5. The lowest BCUT2D eigenvalue weighted by atomic mass is 9.83. The smallest absolute Gasteiger partial charge is 0.324 e. The molecule has 3 heterocycles. The van der Waals surface area contributed by atoms with E-state index < -0.39 is 63.7 Å². The number of hydrogen-bond donors (Lipinski definition) is 1. The van der Waals surface area contributed by atoms with E-state index in [9.17, 15) is 32.3 Å². The van der Waals surface area contributed by atoms with E-state index in [4.69, 9.17) is 0 Å². The van der Waals surface area contributed by atoms with Crippen LogP contribution < -0.4 is 15.1 Å². The van der Waals surface area contributed by atoms with Crippen LogP contribution in [0.2, 0.25) is 0 Å². The summed E-state index contributed by atoms with van der Waals surface area (Å²) in [5, 5.41) is 1.70. The molecule has 7 nitrogen and oxygen atoms in total. The zero-order valence-electron chi connectivity index (χ0n) is 21.6. The number of hydrogen-bond acceptors (Lipinski definition) is 6. The van der Waals surface area contributed by atoms with E-state index in [2.05, 4.69) is 37.2 Å². The summed E-state index contributed by atoms with van der Waals surface area (Å²) >= 11 is 8.70. The van der Waals surface area contributed by atoms with Gasteiger partial charge in [-0.1, -0.05) is 79.2 Å². The molecule has 0 bridgehead atoms. The van der Waals surface area contributed by atoms with Crippen molar-refractivity contribution in [2.75, 3.05) is 10.2 Å². The normalized spacial score (nSPS) is 19.7. The third kappa shape index (κ3) is 5.49. The maximum absolute atomic E-state index is 13.9. The van der Waals surface area contributed by atoms with Gasteiger partial charge in [-0.2, -0.15) is 13.2 Å². The molecule has 220 valence electrons. The maximum atomic E-state index is 13.9. The van der Waals surface area contributed by atoms with E-state index in [0.29, 0.717) is 21.2 Å². The van der Waals surface area contributed by atoms with Crippen LogP contribution in [-0.2, 0) is 27.1 Å². The van der Waals surface area contributed by atoms with Crippen LogP contribution in [0.15, 0.2) is 91.6 Å². The van der Waals surface area contributed by atoms with Crippen molar-refractivity contribution in [2.24, 2.45) is 5.92 Å². The fourth-order valence-electron chi connectivity index (χ4n) is 5.33. The molecule has 1 N–H and O–H groups in total. The van der Waals surface area contributed by atoms with Gasteiger partial charge < -0.3 is 5.32 Å². The number of nitrogens with zero attached hydrogens (tertiary/aromatic N) is 2. The van der Waals surface area contributed by atoms with Crippen molar-refractivity contribution in [3.8, 4) is 0 Å². The number of anilines is 2. The summed E-state index contributed by atoms with van der Waals surface area (Å²) in [6.07, 6.45) is -4.69. The number of nitrogens with one attached hydrogen (secondary N) is 1. The Morgan fingerprint density at radius 1 is 0.907 bits per heavy atom. The van der Waals surface area contributed by atoms with Crippen LogP contribution in [0.25, 0.3) is 0 Å². The van der Waals surface area contributed by atoms with Crippen molar-refractivity contribution in [1.82, 2.24) is 4.57 Å². The minimum atomic E-state index is -4.69. The molecule has 3 atom stereocenters. The largest absolute Gasteiger partial charge is 0.418 e. The Morgan fingerprint density at radius 2 is 1.63 bits per heavy atom. The second-order valence-electron chi connectivity index (χ2n) is 9.80. The number of benzene rings is 3. The van der Waals surface area contributed by atoms with Gasteiger partial charge in [-0.3, -0.25) is 23.7 Å². The molecule has 2 aliphatic rings. The number of carbonyl (C=O) groups is 3. The molecule has 1 aromatic heterocycles. The van der Waals surface area contributed by atoms with Gasteiger partial charge in [0.25, 0.3) is 0 Å². The van der Waals surface area contributed by atoms with Crippen LogP contribution in [0.1, 0.15) is 21.9 Å². The number of rotatable bonds is 5. The number of fused-ring (bicyclic) bond motifs is 2. The first-order chi connectivity index (χ1) is 20.4. The van der Waals surface area contributed by atoms with Crippen LogP contribution in [0.4, 0.5) is 24.5 Å². The molecular formula is C29H18Br2F3N3O4S2. The minimum absolute atomic E-state index is 0.333. The highest BCUT2D eigenvalue weighted by molar-refractivity contribution is 9.10. The zero-order chi connectivity index (χ0) is 30.6. The number of thioether (sulfide) groups is 1. The third-order valence-electron chi connectivity index (χ3n) is 7.15. The molecule has 3 aromatic carbocycles. The predicted octanol–water partition coefficient (Wildman–Crippen LogP) is 6.89. The highest BCUT2D eigenvalue weighted by atomic mass is 79.9. The van der Waals surface area contributed by atoms with Gasteiger partial charge in [0.1, 0.15) is 11.8 Å². The number of para-hydroxylation sites is 1. The molecule has 1 fully saturated rings. The van der Waals surface area contributed by atoms with Crippen LogP contribution in [-0.4, -0.2) is 27.5 Å². The molecule has 4 aromatic rings. The van der Waals surface area contributed by atoms with Gasteiger partial charge in [-0.25, -0.2) is 4.90 Å². The molecule has 6 rings (SSSR count). The van der Waals surface area contributed by atoms with Crippen molar-refractivity contribution in [2.45, 2.75) is 28.9 Å². The Labute approximate surface area is 267 Å². The average Bonchev–Trinajstić information content (AvgIpc) is 3.39. The van der Waals surface area contributed by atoms with Crippen molar-refractivity contribution in [3.05, 3.63) is 107 Å². The lowest BCUT2D eigenvalue weighted by Crippen LogP contribution is -2.33. The molecular weight excluding hydrogens is 735 g/mol. The molecule has 1 saturated heterocycles. The lowest BCUT2D eigenvalue weighted by Gasteiger charge is -2.30. The quantitative estimate of drug-likeness (QED) is 0.225. The Morgan fingerprint density at radius 3 is 2.33 bits per heavy atom. The first-order valence-corrected chi connectivity index (χ1v) is 16.0. The number of thiazole rings is 1. The highest BCUT2D eigenvalue weighted by Gasteiger charge is 2.56. The fourth-order valence-corrected chi connectivity index (χ4v) is 8.79. The van der Waals surface area contributed by atoms with Crippen molar-refractivity contribution in [1.29, 1.82) is 0 Å². The molecule has 0 spiro atoms. The minimum Gasteiger partial charge on any atom is -0.324 e. The van der Waals surface area contributed by atoms with Gasteiger partial charge >= 0.3 is 11.0 Å². The zero-order valence-corrected chi connectivity index (χ0v) is 26.4. The van der Waals surface area contributed by atoms with Crippen molar-refractivity contribution < 1.29 is 27.6 Å². The SMILES string of the molecule is O=C(Cn1c2c(sc1=O)[C@@H](c1cccc(Br)c1)[C@@H]1C(=O)N(c3ccc(Br)cc3)C(=O)[C@@H]1S2)Nc1ccccc1C(F)(F)F. The van der Waals surface area contributed by atoms with Crippen LogP contribution in [0.3, 0.4) is 0 Å². The Hall–Kier alpha value is -3.20. The summed E-state index contributed by atoms with van der Waals surface area (Å²) in [7, 11) is 0. The van der Waals surface area contributed by atoms with E-state index in [1.807, 2.05) is 18.2 Å². The molecule has 2 aliphatic heterocycles. The van der Waals surface area contributed by atoms with Gasteiger partial charge in [-0.05, 0) is 54.1 Å². The number of alkyl halides is 3. The number of halogens is 5. The molecule has 3 amide bonds. The third-order valence-corrected chi connectivity index (χ3v) is 10.8. The summed E-state index contributed by atoms with van der Waals surface area (Å²) < 4.78 is 43.1. The number of imide groups is 1. The van der Waals surface area contributed by atoms with Crippen LogP contribution >= 0.6 is 55.0 Å². The summed E-state index contributed by atoms with van der Waals surface area (Å²) in [5.74, 6) is -3.21. The van der Waals surface area contributed by atoms with Gasteiger partial charge in [0.15, 0.2) is 0 Å². The van der Waals surface area contributed by atoms with E-state index in [1.165, 1.54) is 12.1 Å². The van der Waals surface area contributed by atoms with Gasteiger partial charge in [0.05, 0.1) is 27.9 Å². The monoisotopic (exact) mass is 751 g/mol. The summed E-state index contributed by atoms with van der Waals surface area (Å²) in [5.41, 5.74) is -0.344. The predicted molar refractivity (Wildman–Crippen MR) is 164 cm³/mol. The number of amides is 3. The highest BCUT2D eigenvalue weighted by Crippen LogP contribution is 2.54. The Balaban J connectivity index is 1.40. The van der Waals surface area contributed by atoms with Gasteiger partial charge in [-0.15, -0.1) is 0 Å². The van der Waals surface area contributed by atoms with Crippen LogP contribution in [0, 0.1) is 5.92 Å². The summed E-state index contributed by atoms with van der Waals surface area (Å²) in [4.78, 5) is 55.2. The van der Waals surface area contributed by atoms with Gasteiger partial charge in [0.2, 0.25) is 17.7 Å². The number of aromatic nitrogens is 1. The Bertz CT molecular complexity index is 1840. The molecule has 0 radical (unpaired) electrons. The standard InChI is InChI=1S/C29H18Br2F3N3O4S2/c30-15-8-10-17(11-9-15)37-25(39)22-21(14-4-3-5-16(31)12-14)24-27(42-23(22)26(37)40)36(28(41)43-24)13-20(38)35-19-7-2-1-6-18(19)29(32,33)34/h1-12,21-23H,13H2,(H,35,38)/t21-,22-,23+/m0/s1. The fraction of sp³-hybridized carbons (Fsp3) is 0.172. The summed E-state index contributed by atoms with van der Waals surface area (Å²) in [6.45, 7) is -0.578. The van der Waals surface area contributed by atoms with Crippen molar-refractivity contribution in [3.63, 3.8) is 0 Å². The maximum Gasteiger partial charge on any atom is 0.418 e. The second kappa shape index (κ2) is 11.4. The molecule has 0 aliphatic carbocycles. The average molecular weight is 753 g/mol. The van der Waals surface area contributed by atoms with E-state index in [-0.39, 0.29) is 0 Å². The van der Waals surface area contributed by atoms with Crippen LogP contribution in [0.5, 0.6) is 0 Å². The first kappa shape index (κ1) is 29.9. The molecule has 0 unspecified atom stereocenters. The molecule has 14 heteroatoms. The van der Waals surface area contributed by atoms with E-state index in [0.717, 1.165) is 53.6 Å². The first-order valence-electron chi connectivity index (χ1n) is 12.7. The van der Waals surface area contributed by atoms with E-state index >= 15 is 0 Å². The topological polar surface area (TPSA) is 88.5 Å². The van der Waals surface area contributed by atoms with Crippen molar-refractivity contribution >= 4 is 84.1 Å². The molecule has 0 saturated carbocycles. The second-order valence-corrected chi connectivity index (χ2v) is 13.8. The molecule has 43 heavy (non-hydrogen) atoms. The number of carbonyl (C=O) groups excluding carboxylic acids is 3. The Kier molecular flexibility index (Phi) is 7.90. The lowest BCUT2D eigenvalue weighted by molar-refractivity contribution is -0.137. The van der Waals surface area contributed by atoms with Gasteiger partial charge in [0, 0.05) is 19.7 Å². The van der Waals surface area contributed by atoms with E-state index in [1.54, 1.807) is 30.3 Å².